The first kappa shape index (κ1) is 4.73. The number of anilines is 1. The molecule has 0 aliphatic rings. The maximum Gasteiger partial charge on any atom is 0.220 e. The molecule has 0 fully saturated rings. The molecule has 9 heavy (non-hydrogen) atoms. The van der Waals surface area contributed by atoms with E-state index < -0.39 is 0 Å². The van der Waals surface area contributed by atoms with Gasteiger partial charge in [-0.25, -0.2) is 9.97 Å². The Kier molecular flexibility index (Phi) is 1.06. The molecule has 1 rings (SSSR count). The third-order valence-corrected chi connectivity index (χ3v) is 0.926. The summed E-state index contributed by atoms with van der Waals surface area (Å²) in [6.45, 7) is 3.49. The number of nitrogens with two attached hydrogens (primary N) is 1. The zero-order valence-electron chi connectivity index (χ0n) is 6.47. The van der Waals surface area contributed by atoms with Crippen molar-refractivity contribution in [2.24, 2.45) is 0 Å². The minimum Gasteiger partial charge on any atom is -0.368 e. The zero-order chi connectivity index (χ0) is 7.72. The molecule has 1 heterocycles. The Morgan fingerprint density at radius 2 is 1.89 bits per heavy atom. The SMILES string of the molecule is [3H]c1c(C)nc(N)nc1C. The molecule has 48 valence electrons. The number of aromatic nitrogens is 2. The quantitative estimate of drug-likeness (QED) is 0.554. The second kappa shape index (κ2) is 2.01. The number of hydrogen-bond acceptors (Lipinski definition) is 3. The van der Waals surface area contributed by atoms with Crippen LogP contribution < -0.4 is 5.73 Å². The normalized spacial score (nSPS) is 11.1. The fraction of sp³-hybridized carbons (Fsp3) is 0.333. The van der Waals surface area contributed by atoms with Crippen molar-refractivity contribution in [3.63, 3.8) is 0 Å². The van der Waals surface area contributed by atoms with E-state index in [1.165, 1.54) is 0 Å². The molecule has 0 radical (unpaired) electrons. The summed E-state index contributed by atoms with van der Waals surface area (Å²) >= 11 is 0. The lowest BCUT2D eigenvalue weighted by atomic mass is 10.4. The second-order valence-corrected chi connectivity index (χ2v) is 1.88. The van der Waals surface area contributed by atoms with Crippen molar-refractivity contribution in [2.45, 2.75) is 13.8 Å². The molecule has 0 aromatic carbocycles. The first-order chi connectivity index (χ1) is 4.61. The lowest BCUT2D eigenvalue weighted by molar-refractivity contribution is 1.07. The third kappa shape index (κ3) is 1.38. The van der Waals surface area contributed by atoms with E-state index in [0.717, 1.165) is 0 Å². The molecule has 0 bridgehead atoms. The summed E-state index contributed by atoms with van der Waals surface area (Å²) in [4.78, 5) is 7.63. The van der Waals surface area contributed by atoms with Gasteiger partial charge in [0.2, 0.25) is 5.95 Å². The third-order valence-electron chi connectivity index (χ3n) is 0.926. The largest absolute Gasteiger partial charge is 0.368 e. The van der Waals surface area contributed by atoms with Gasteiger partial charge in [0.15, 0.2) is 0 Å². The van der Waals surface area contributed by atoms with Crippen LogP contribution in [0.25, 0.3) is 0 Å². The van der Waals surface area contributed by atoms with Gasteiger partial charge in [-0.15, -0.1) is 0 Å². The van der Waals surface area contributed by atoms with E-state index >= 15 is 0 Å². The number of aryl methyl sites for hydroxylation is 2. The van der Waals surface area contributed by atoms with Crippen LogP contribution in [0.1, 0.15) is 12.8 Å². The van der Waals surface area contributed by atoms with Crippen molar-refractivity contribution in [1.29, 1.82) is 0 Å². The van der Waals surface area contributed by atoms with E-state index in [2.05, 4.69) is 9.97 Å². The predicted molar refractivity (Wildman–Crippen MR) is 35.9 cm³/mol. The standard InChI is InChI=1S/C6H9N3/c1-4-3-5(2)9-6(7)8-4/h3H,1-2H3,(H2,7,8,9)/i3T. The monoisotopic (exact) mass is 125 g/mol. The molecule has 0 aliphatic heterocycles. The van der Waals surface area contributed by atoms with E-state index in [4.69, 9.17) is 7.10 Å². The molecular formula is C6H9N3. The fourth-order valence-corrected chi connectivity index (χ4v) is 0.686. The first-order valence-corrected chi connectivity index (χ1v) is 2.68. The predicted octanol–water partition coefficient (Wildman–Crippen LogP) is 0.676. The summed E-state index contributed by atoms with van der Waals surface area (Å²) in [6.07, 6.45) is 0. The fourth-order valence-electron chi connectivity index (χ4n) is 0.686. The summed E-state index contributed by atoms with van der Waals surface area (Å²) in [5, 5.41) is 0. The highest BCUT2D eigenvalue weighted by Crippen LogP contribution is 1.98. The molecule has 3 heteroatoms. The van der Waals surface area contributed by atoms with Gasteiger partial charge in [-0.05, 0) is 19.9 Å². The van der Waals surface area contributed by atoms with E-state index in [1.54, 1.807) is 13.8 Å². The van der Waals surface area contributed by atoms with E-state index in [1.807, 2.05) is 0 Å². The van der Waals surface area contributed by atoms with Crippen molar-refractivity contribution >= 4 is 5.95 Å². The zero-order valence-corrected chi connectivity index (χ0v) is 5.47. The van der Waals surface area contributed by atoms with Crippen molar-refractivity contribution in [3.8, 4) is 0 Å². The van der Waals surface area contributed by atoms with Crippen molar-refractivity contribution in [2.75, 3.05) is 5.73 Å². The van der Waals surface area contributed by atoms with Crippen molar-refractivity contribution in [3.05, 3.63) is 17.4 Å². The number of hydrogen-bond donors (Lipinski definition) is 1. The highest BCUT2D eigenvalue weighted by Gasteiger charge is 1.90. The Hall–Kier alpha value is -1.12. The lowest BCUT2D eigenvalue weighted by Gasteiger charge is -1.94. The van der Waals surface area contributed by atoms with Crippen LogP contribution in [-0.4, -0.2) is 9.97 Å². The average molecular weight is 125 g/mol. The van der Waals surface area contributed by atoms with Crippen LogP contribution in [0.2, 0.25) is 0 Å². The van der Waals surface area contributed by atoms with Gasteiger partial charge in [-0.1, -0.05) is 0 Å². The van der Waals surface area contributed by atoms with Crippen LogP contribution in [0.5, 0.6) is 0 Å². The van der Waals surface area contributed by atoms with Crippen LogP contribution in [0, 0.1) is 13.8 Å². The van der Waals surface area contributed by atoms with Crippen LogP contribution in [0.4, 0.5) is 5.95 Å². The summed E-state index contributed by atoms with van der Waals surface area (Å²) in [5.41, 5.74) is 6.58. The molecule has 2 N–H and O–H groups in total. The minimum atomic E-state index is 0.242. The molecule has 1 aromatic heterocycles. The highest BCUT2D eigenvalue weighted by atomic mass is 15.0. The summed E-state index contributed by atoms with van der Waals surface area (Å²) < 4.78 is 7.36. The van der Waals surface area contributed by atoms with Crippen LogP contribution >= 0.6 is 0 Å². The van der Waals surface area contributed by atoms with E-state index in [0.29, 0.717) is 17.4 Å². The van der Waals surface area contributed by atoms with Crippen molar-refractivity contribution < 1.29 is 1.37 Å². The Morgan fingerprint density at radius 3 is 2.33 bits per heavy atom. The van der Waals surface area contributed by atoms with Crippen molar-refractivity contribution in [1.82, 2.24) is 9.97 Å². The molecule has 0 saturated carbocycles. The van der Waals surface area contributed by atoms with Gasteiger partial charge < -0.3 is 5.73 Å². The smallest absolute Gasteiger partial charge is 0.220 e. The molecule has 0 spiro atoms. The van der Waals surface area contributed by atoms with Gasteiger partial charge in [0, 0.05) is 11.4 Å². The molecule has 0 amide bonds. The average Bonchev–Trinajstić information content (AvgIpc) is 1.82. The van der Waals surface area contributed by atoms with Crippen LogP contribution in [0.15, 0.2) is 6.04 Å². The molecule has 0 saturated heterocycles. The molecule has 0 aliphatic carbocycles. The second-order valence-electron chi connectivity index (χ2n) is 1.88. The molecular weight excluding hydrogens is 114 g/mol. The van der Waals surface area contributed by atoms with Gasteiger partial charge in [-0.3, -0.25) is 0 Å². The maximum atomic E-state index is 7.36. The van der Waals surface area contributed by atoms with E-state index in [-0.39, 0.29) is 5.95 Å². The highest BCUT2D eigenvalue weighted by molar-refractivity contribution is 5.20. The Balaban J connectivity index is 3.31. The molecule has 0 atom stereocenters. The summed E-state index contributed by atoms with van der Waals surface area (Å²) in [5.74, 6) is 0.242. The first-order valence-electron chi connectivity index (χ1n) is 3.18. The van der Waals surface area contributed by atoms with Crippen LogP contribution in [-0.2, 0) is 0 Å². The molecule has 0 unspecified atom stereocenters. The number of rotatable bonds is 0. The molecule has 1 aromatic rings. The topological polar surface area (TPSA) is 51.8 Å². The number of nitrogen functional groups attached to an aromatic ring is 1. The Morgan fingerprint density at radius 1 is 1.44 bits per heavy atom. The Labute approximate surface area is 55.3 Å². The Bertz CT molecular complexity index is 236. The van der Waals surface area contributed by atoms with Crippen LogP contribution in [0.3, 0.4) is 0 Å². The molecule has 3 nitrogen and oxygen atoms in total. The van der Waals surface area contributed by atoms with E-state index in [9.17, 15) is 0 Å². The summed E-state index contributed by atoms with van der Waals surface area (Å²) in [7, 11) is 0. The lowest BCUT2D eigenvalue weighted by Crippen LogP contribution is -1.97. The van der Waals surface area contributed by atoms with Gasteiger partial charge >= 0.3 is 0 Å². The van der Waals surface area contributed by atoms with Gasteiger partial charge in [0.05, 0.1) is 1.37 Å². The minimum absolute atomic E-state index is 0.242. The number of nitrogens with zero attached hydrogens (tertiary/aromatic N) is 2. The maximum absolute atomic E-state index is 7.36. The van der Waals surface area contributed by atoms with Gasteiger partial charge in [-0.2, -0.15) is 0 Å². The summed E-state index contributed by atoms with van der Waals surface area (Å²) in [6, 6.07) is 0.370. The van der Waals surface area contributed by atoms with Gasteiger partial charge in [0.25, 0.3) is 0 Å². The van der Waals surface area contributed by atoms with Gasteiger partial charge in [0.1, 0.15) is 0 Å².